The molecule has 2 saturated heterocycles. The van der Waals surface area contributed by atoms with E-state index in [4.69, 9.17) is 0 Å². The van der Waals surface area contributed by atoms with Crippen LogP contribution < -0.4 is 10.2 Å². The van der Waals surface area contributed by atoms with E-state index in [0.29, 0.717) is 5.41 Å². The summed E-state index contributed by atoms with van der Waals surface area (Å²) in [5.74, 6) is 0. The monoisotopic (exact) mass is 258 g/mol. The third kappa shape index (κ3) is 2.51. The highest BCUT2D eigenvalue weighted by atomic mass is 15.2. The van der Waals surface area contributed by atoms with Crippen LogP contribution in [0.2, 0.25) is 0 Å². The Morgan fingerprint density at radius 3 is 2.42 bits per heavy atom. The molecule has 1 atom stereocenters. The molecule has 0 aromatic heterocycles. The van der Waals surface area contributed by atoms with Crippen molar-refractivity contribution in [3.8, 4) is 0 Å². The maximum atomic E-state index is 3.53. The molecule has 0 saturated carbocycles. The van der Waals surface area contributed by atoms with Gasteiger partial charge in [-0.05, 0) is 42.5 Å². The number of benzene rings is 1. The van der Waals surface area contributed by atoms with Crippen LogP contribution in [0.3, 0.4) is 0 Å². The summed E-state index contributed by atoms with van der Waals surface area (Å²) in [4.78, 5) is 2.57. The summed E-state index contributed by atoms with van der Waals surface area (Å²) in [6.07, 6.45) is 2.70. The fourth-order valence-corrected chi connectivity index (χ4v) is 3.47. The van der Waals surface area contributed by atoms with Crippen LogP contribution in [0.5, 0.6) is 0 Å². The van der Waals surface area contributed by atoms with E-state index in [1.165, 1.54) is 50.3 Å². The van der Waals surface area contributed by atoms with Gasteiger partial charge in [0, 0.05) is 30.7 Å². The van der Waals surface area contributed by atoms with Gasteiger partial charge in [-0.25, -0.2) is 0 Å². The van der Waals surface area contributed by atoms with Crippen molar-refractivity contribution in [2.75, 3.05) is 31.1 Å². The van der Waals surface area contributed by atoms with Gasteiger partial charge in [0.25, 0.3) is 0 Å². The van der Waals surface area contributed by atoms with Crippen LogP contribution in [0.15, 0.2) is 24.3 Å². The van der Waals surface area contributed by atoms with E-state index in [1.807, 2.05) is 0 Å². The minimum Gasteiger partial charge on any atom is -0.371 e. The van der Waals surface area contributed by atoms with Gasteiger partial charge in [-0.1, -0.05) is 32.9 Å². The molecule has 1 unspecified atom stereocenters. The Morgan fingerprint density at radius 1 is 1.11 bits per heavy atom. The molecule has 0 radical (unpaired) electrons. The molecule has 2 heterocycles. The molecule has 1 N–H and O–H groups in total. The van der Waals surface area contributed by atoms with E-state index in [9.17, 15) is 0 Å². The van der Waals surface area contributed by atoms with E-state index < -0.39 is 0 Å². The lowest BCUT2D eigenvalue weighted by Crippen LogP contribution is -2.29. The second kappa shape index (κ2) is 4.52. The molecule has 3 rings (SSSR count). The number of rotatable bonds is 1. The minimum absolute atomic E-state index is 0.250. The molecule has 1 aromatic rings. The average molecular weight is 258 g/mol. The van der Waals surface area contributed by atoms with Crippen LogP contribution in [0, 0.1) is 5.41 Å². The van der Waals surface area contributed by atoms with Gasteiger partial charge in [0.2, 0.25) is 0 Å². The van der Waals surface area contributed by atoms with E-state index in [1.54, 1.807) is 0 Å². The molecule has 2 aliphatic rings. The van der Waals surface area contributed by atoms with Crippen LogP contribution in [0.1, 0.15) is 39.2 Å². The molecule has 1 spiro atoms. The molecule has 0 aliphatic carbocycles. The van der Waals surface area contributed by atoms with E-state index >= 15 is 0 Å². The number of hydrogen-bond donors (Lipinski definition) is 1. The predicted octanol–water partition coefficient (Wildman–Crippen LogP) is 3.17. The van der Waals surface area contributed by atoms with Crippen LogP contribution in [-0.4, -0.2) is 26.2 Å². The highest BCUT2D eigenvalue weighted by Gasteiger charge is 2.40. The maximum Gasteiger partial charge on any atom is 0.0366 e. The molecule has 2 aliphatic heterocycles. The zero-order chi connectivity index (χ0) is 13.5. The molecule has 2 nitrogen and oxygen atoms in total. The van der Waals surface area contributed by atoms with Crippen molar-refractivity contribution in [1.82, 2.24) is 5.32 Å². The summed E-state index contributed by atoms with van der Waals surface area (Å²) in [7, 11) is 0. The first kappa shape index (κ1) is 13.0. The van der Waals surface area contributed by atoms with Crippen LogP contribution >= 0.6 is 0 Å². The van der Waals surface area contributed by atoms with Gasteiger partial charge in [0.1, 0.15) is 0 Å². The van der Waals surface area contributed by atoms with Crippen molar-refractivity contribution < 1.29 is 0 Å². The Bertz CT molecular complexity index is 435. The van der Waals surface area contributed by atoms with Crippen LogP contribution in [-0.2, 0) is 5.41 Å². The number of nitrogens with zero attached hydrogens (tertiary/aromatic N) is 1. The predicted molar refractivity (Wildman–Crippen MR) is 81.9 cm³/mol. The first-order chi connectivity index (χ1) is 8.99. The van der Waals surface area contributed by atoms with Crippen molar-refractivity contribution in [3.05, 3.63) is 29.8 Å². The van der Waals surface area contributed by atoms with Crippen molar-refractivity contribution >= 4 is 5.69 Å². The second-order valence-corrected chi connectivity index (χ2v) is 7.40. The standard InChI is InChI=1S/C17H26N2/c1-16(2,3)14-4-6-15(7-5-14)19-11-9-17(13-19)8-10-18-12-17/h4-7,18H,8-13H2,1-3H3. The molecule has 0 bridgehead atoms. The van der Waals surface area contributed by atoms with E-state index in [2.05, 4.69) is 55.3 Å². The molecule has 1 aromatic carbocycles. The molecular weight excluding hydrogens is 232 g/mol. The number of hydrogen-bond acceptors (Lipinski definition) is 2. The van der Waals surface area contributed by atoms with Gasteiger partial charge >= 0.3 is 0 Å². The van der Waals surface area contributed by atoms with Crippen molar-refractivity contribution in [3.63, 3.8) is 0 Å². The summed E-state index contributed by atoms with van der Waals surface area (Å²) in [5.41, 5.74) is 3.63. The van der Waals surface area contributed by atoms with E-state index in [-0.39, 0.29) is 5.41 Å². The van der Waals surface area contributed by atoms with Gasteiger partial charge in [0.05, 0.1) is 0 Å². The topological polar surface area (TPSA) is 15.3 Å². The van der Waals surface area contributed by atoms with Gasteiger partial charge < -0.3 is 10.2 Å². The molecule has 104 valence electrons. The quantitative estimate of drug-likeness (QED) is 0.832. The molecular formula is C17H26N2. The highest BCUT2D eigenvalue weighted by Crippen LogP contribution is 2.38. The normalized spacial score (nSPS) is 27.4. The zero-order valence-electron chi connectivity index (χ0n) is 12.5. The third-order valence-corrected chi connectivity index (χ3v) is 4.87. The van der Waals surface area contributed by atoms with Gasteiger partial charge in [-0.2, -0.15) is 0 Å². The average Bonchev–Trinajstić information content (AvgIpc) is 3.00. The van der Waals surface area contributed by atoms with Gasteiger partial charge in [-0.15, -0.1) is 0 Å². The lowest BCUT2D eigenvalue weighted by Gasteiger charge is -2.25. The summed E-state index contributed by atoms with van der Waals surface area (Å²) in [6, 6.07) is 9.21. The van der Waals surface area contributed by atoms with Gasteiger partial charge in [0.15, 0.2) is 0 Å². The Kier molecular flexibility index (Phi) is 3.09. The largest absolute Gasteiger partial charge is 0.371 e. The van der Waals surface area contributed by atoms with Crippen LogP contribution in [0.4, 0.5) is 5.69 Å². The Balaban J connectivity index is 1.73. The summed E-state index contributed by atoms with van der Waals surface area (Å²) < 4.78 is 0. The zero-order valence-corrected chi connectivity index (χ0v) is 12.5. The summed E-state index contributed by atoms with van der Waals surface area (Å²) >= 11 is 0. The third-order valence-electron chi connectivity index (χ3n) is 4.87. The minimum atomic E-state index is 0.250. The SMILES string of the molecule is CC(C)(C)c1ccc(N2CCC3(CCNC3)C2)cc1. The summed E-state index contributed by atoms with van der Waals surface area (Å²) in [5, 5.41) is 3.53. The Hall–Kier alpha value is -1.02. The number of nitrogens with one attached hydrogen (secondary N) is 1. The Morgan fingerprint density at radius 2 is 1.84 bits per heavy atom. The van der Waals surface area contributed by atoms with Crippen molar-refractivity contribution in [2.24, 2.45) is 5.41 Å². The fraction of sp³-hybridized carbons (Fsp3) is 0.647. The highest BCUT2D eigenvalue weighted by molar-refractivity contribution is 5.50. The maximum absolute atomic E-state index is 3.53. The molecule has 2 heteroatoms. The lowest BCUT2D eigenvalue weighted by atomic mass is 9.86. The number of anilines is 1. The second-order valence-electron chi connectivity index (χ2n) is 7.40. The lowest BCUT2D eigenvalue weighted by molar-refractivity contribution is 0.369. The molecule has 19 heavy (non-hydrogen) atoms. The van der Waals surface area contributed by atoms with E-state index in [0.717, 1.165) is 0 Å². The van der Waals surface area contributed by atoms with Crippen molar-refractivity contribution in [2.45, 2.75) is 39.0 Å². The first-order valence-electron chi connectivity index (χ1n) is 7.55. The molecule has 2 fully saturated rings. The van der Waals surface area contributed by atoms with Crippen molar-refractivity contribution in [1.29, 1.82) is 0 Å². The Labute approximate surface area is 117 Å². The smallest absolute Gasteiger partial charge is 0.0366 e. The summed E-state index contributed by atoms with van der Waals surface area (Å²) in [6.45, 7) is 11.7. The van der Waals surface area contributed by atoms with Gasteiger partial charge in [-0.3, -0.25) is 0 Å². The molecule has 0 amide bonds. The fourth-order valence-electron chi connectivity index (χ4n) is 3.47. The first-order valence-corrected chi connectivity index (χ1v) is 7.55. The van der Waals surface area contributed by atoms with Crippen LogP contribution in [0.25, 0.3) is 0 Å².